The van der Waals surface area contributed by atoms with Gasteiger partial charge in [0.2, 0.25) is 5.36 Å². The number of fused-ring (bicyclic) bond motifs is 5. The molecule has 6 rings (SSSR count). The highest BCUT2D eigenvalue weighted by molar-refractivity contribution is 6.07. The molecule has 0 saturated carbocycles. The van der Waals surface area contributed by atoms with Crippen molar-refractivity contribution in [1.82, 2.24) is 9.14 Å². The minimum Gasteiger partial charge on any atom is -0.334 e. The predicted molar refractivity (Wildman–Crippen MR) is 117 cm³/mol. The Kier molecular flexibility index (Phi) is 3.39. The maximum absolute atomic E-state index is 2.55. The molecule has 4 aromatic rings. The molecule has 1 aliphatic carbocycles. The summed E-state index contributed by atoms with van der Waals surface area (Å²) in [5.41, 5.74) is 4.05. The van der Waals surface area contributed by atoms with Crippen LogP contribution in [0.1, 0.15) is 0 Å². The molecule has 3 aromatic carbocycles. The van der Waals surface area contributed by atoms with E-state index < -0.39 is 0 Å². The first kappa shape index (κ1) is 15.6. The van der Waals surface area contributed by atoms with Crippen LogP contribution in [0.2, 0.25) is 0 Å². The zero-order valence-corrected chi connectivity index (χ0v) is 15.6. The van der Waals surface area contributed by atoms with Crippen LogP contribution in [0.5, 0.6) is 0 Å². The molecule has 1 unspecified atom stereocenters. The molecule has 2 heteroatoms. The van der Waals surface area contributed by atoms with Crippen LogP contribution >= 0.6 is 0 Å². The Morgan fingerprint density at radius 3 is 2.21 bits per heavy atom. The van der Waals surface area contributed by atoms with E-state index in [1.165, 1.54) is 38.0 Å². The van der Waals surface area contributed by atoms with Crippen LogP contribution in [0.3, 0.4) is 0 Å². The van der Waals surface area contributed by atoms with E-state index in [0.29, 0.717) is 6.04 Å². The summed E-state index contributed by atoms with van der Waals surface area (Å²) >= 11 is 0. The molecule has 0 radical (unpaired) electrons. The van der Waals surface area contributed by atoms with Gasteiger partial charge in [0.25, 0.3) is 0 Å². The lowest BCUT2D eigenvalue weighted by atomic mass is 10.0. The number of para-hydroxylation sites is 3. The van der Waals surface area contributed by atoms with Crippen LogP contribution in [0.15, 0.2) is 97.1 Å². The maximum Gasteiger partial charge on any atom is 0.208 e. The summed E-state index contributed by atoms with van der Waals surface area (Å²) in [7, 11) is 0. The molecule has 0 fully saturated rings. The largest absolute Gasteiger partial charge is 0.334 e. The van der Waals surface area contributed by atoms with E-state index in [2.05, 4.69) is 106 Å². The Bertz CT molecular complexity index is 1360. The lowest BCUT2D eigenvalue weighted by Crippen LogP contribution is -2.39. The van der Waals surface area contributed by atoms with Gasteiger partial charge in [-0.3, -0.25) is 0 Å². The number of rotatable bonds is 3. The van der Waals surface area contributed by atoms with E-state index in [-0.39, 0.29) is 0 Å². The van der Waals surface area contributed by atoms with Crippen LogP contribution in [-0.4, -0.2) is 17.2 Å². The van der Waals surface area contributed by atoms with Gasteiger partial charge in [-0.05, 0) is 24.3 Å². The molecular formula is C26H21N2+. The zero-order chi connectivity index (χ0) is 18.5. The standard InChI is InChI=1S/C26H21N2/c1-5-13-23-19(9-1)20-10-2-6-14-24(20)27(23)17-18-28-25-15-7-3-11-21(25)22-12-4-8-16-26(22)28/h1-16,23H,17-18H2/q+1. The molecule has 0 amide bonds. The molecule has 1 aromatic heterocycles. The highest BCUT2D eigenvalue weighted by atomic mass is 15.1. The molecule has 1 aliphatic heterocycles. The van der Waals surface area contributed by atoms with E-state index in [1.807, 2.05) is 0 Å². The van der Waals surface area contributed by atoms with Crippen LogP contribution in [-0.2, 0) is 6.54 Å². The van der Waals surface area contributed by atoms with Gasteiger partial charge in [-0.25, -0.2) is 4.58 Å². The van der Waals surface area contributed by atoms with Crippen LogP contribution in [0.25, 0.3) is 27.4 Å². The predicted octanol–water partition coefficient (Wildman–Crippen LogP) is 3.64. The van der Waals surface area contributed by atoms with Gasteiger partial charge < -0.3 is 4.57 Å². The minimum absolute atomic E-state index is 0.343. The second-order valence-electron chi connectivity index (χ2n) is 7.54. The first-order valence-corrected chi connectivity index (χ1v) is 9.95. The van der Waals surface area contributed by atoms with Crippen molar-refractivity contribution >= 4 is 27.4 Å². The van der Waals surface area contributed by atoms with Gasteiger partial charge in [0, 0.05) is 33.4 Å². The van der Waals surface area contributed by atoms with Crippen LogP contribution in [0, 0.1) is 0 Å². The average Bonchev–Trinajstić information content (AvgIpc) is 3.26. The average molecular weight is 361 g/mol. The number of aromatic nitrogens is 1. The second-order valence-corrected chi connectivity index (χ2v) is 7.54. The van der Waals surface area contributed by atoms with Gasteiger partial charge in [0.05, 0.1) is 11.8 Å². The van der Waals surface area contributed by atoms with Crippen molar-refractivity contribution in [1.29, 1.82) is 0 Å². The van der Waals surface area contributed by atoms with E-state index in [1.54, 1.807) is 0 Å². The highest BCUT2D eigenvalue weighted by Gasteiger charge is 2.30. The fraction of sp³-hybridized carbons (Fsp3) is 0.115. The summed E-state index contributed by atoms with van der Waals surface area (Å²) in [6, 6.07) is 26.7. The SMILES string of the molecule is C1=CC2=c3ccccc3=[N+](CCn3c4ccccc4c4ccccc43)C2C=C1. The Balaban J connectivity index is 1.49. The van der Waals surface area contributed by atoms with Crippen molar-refractivity contribution in [3.8, 4) is 0 Å². The third kappa shape index (κ3) is 2.18. The quantitative estimate of drug-likeness (QED) is 0.492. The molecule has 134 valence electrons. The van der Waals surface area contributed by atoms with Gasteiger partial charge in [-0.15, -0.1) is 0 Å². The van der Waals surface area contributed by atoms with Crippen molar-refractivity contribution in [2.45, 2.75) is 12.6 Å². The first-order valence-electron chi connectivity index (χ1n) is 9.95. The Morgan fingerprint density at radius 2 is 1.43 bits per heavy atom. The molecule has 0 N–H and O–H groups in total. The third-order valence-corrected chi connectivity index (χ3v) is 6.10. The van der Waals surface area contributed by atoms with E-state index in [4.69, 9.17) is 0 Å². The zero-order valence-electron chi connectivity index (χ0n) is 15.6. The van der Waals surface area contributed by atoms with Gasteiger partial charge >= 0.3 is 0 Å². The van der Waals surface area contributed by atoms with E-state index in [9.17, 15) is 0 Å². The van der Waals surface area contributed by atoms with Gasteiger partial charge in [-0.2, -0.15) is 0 Å². The van der Waals surface area contributed by atoms with Gasteiger partial charge in [-0.1, -0.05) is 66.8 Å². The molecule has 2 heterocycles. The van der Waals surface area contributed by atoms with Gasteiger partial charge in [0.15, 0.2) is 12.6 Å². The number of benzene rings is 3. The molecule has 2 aliphatic rings. The smallest absolute Gasteiger partial charge is 0.208 e. The third-order valence-electron chi connectivity index (χ3n) is 6.10. The summed E-state index contributed by atoms with van der Waals surface area (Å²) < 4.78 is 5.03. The van der Waals surface area contributed by atoms with Crippen LogP contribution in [0.4, 0.5) is 0 Å². The molecule has 1 atom stereocenters. The van der Waals surface area contributed by atoms with Crippen LogP contribution < -0.4 is 15.2 Å². The lowest BCUT2D eigenvalue weighted by molar-refractivity contribution is 0.534. The fourth-order valence-corrected chi connectivity index (χ4v) is 4.88. The summed E-state index contributed by atoms with van der Waals surface area (Å²) in [6.45, 7) is 1.94. The van der Waals surface area contributed by atoms with E-state index >= 15 is 0 Å². The topological polar surface area (TPSA) is 7.94 Å². The monoisotopic (exact) mass is 361 g/mol. The molecule has 2 nitrogen and oxygen atoms in total. The second kappa shape index (κ2) is 6.07. The van der Waals surface area contributed by atoms with Crippen molar-refractivity contribution in [2.75, 3.05) is 6.54 Å². The van der Waals surface area contributed by atoms with E-state index in [0.717, 1.165) is 13.1 Å². The number of hydrogen-bond acceptors (Lipinski definition) is 0. The Labute approximate surface area is 163 Å². The van der Waals surface area contributed by atoms with Gasteiger partial charge in [0.1, 0.15) is 0 Å². The summed E-state index contributed by atoms with van der Waals surface area (Å²) in [5.74, 6) is 0. The highest BCUT2D eigenvalue weighted by Crippen LogP contribution is 2.28. The Morgan fingerprint density at radius 1 is 0.750 bits per heavy atom. The summed E-state index contributed by atoms with van der Waals surface area (Å²) in [5, 5.41) is 5.40. The number of nitrogens with zero attached hydrogens (tertiary/aromatic N) is 2. The van der Waals surface area contributed by atoms with Crippen molar-refractivity contribution in [2.24, 2.45) is 0 Å². The molecular weight excluding hydrogens is 340 g/mol. The lowest BCUT2D eigenvalue weighted by Gasteiger charge is -2.13. The summed E-state index contributed by atoms with van der Waals surface area (Å²) in [4.78, 5) is 0. The molecule has 0 spiro atoms. The number of allylic oxidation sites excluding steroid dienone is 2. The van der Waals surface area contributed by atoms with Crippen molar-refractivity contribution < 1.29 is 0 Å². The Hall–Kier alpha value is -3.39. The van der Waals surface area contributed by atoms with Crippen molar-refractivity contribution in [3.05, 3.63) is 108 Å². The summed E-state index contributed by atoms with van der Waals surface area (Å²) in [6.07, 6.45) is 8.91. The molecule has 0 saturated heterocycles. The van der Waals surface area contributed by atoms with Crippen molar-refractivity contribution in [3.63, 3.8) is 0 Å². The molecule has 28 heavy (non-hydrogen) atoms. The first-order chi connectivity index (χ1) is 13.9. The minimum atomic E-state index is 0.343. The normalized spacial score (nSPS) is 17.5. The fourth-order valence-electron chi connectivity index (χ4n) is 4.88. The maximum atomic E-state index is 2.55. The number of hydrogen-bond donors (Lipinski definition) is 0. The molecule has 0 bridgehead atoms.